The first-order valence-electron chi connectivity index (χ1n) is 6.92. The van der Waals surface area contributed by atoms with Gasteiger partial charge in [0.15, 0.2) is 12.4 Å². The summed E-state index contributed by atoms with van der Waals surface area (Å²) in [6, 6.07) is 3.11. The molecule has 0 heterocycles. The molecule has 0 fully saturated rings. The van der Waals surface area contributed by atoms with E-state index in [0.29, 0.717) is 12.1 Å². The van der Waals surface area contributed by atoms with Gasteiger partial charge in [0, 0.05) is 22.7 Å². The van der Waals surface area contributed by atoms with Gasteiger partial charge in [-0.3, -0.25) is 14.9 Å². The maximum Gasteiger partial charge on any atom is 0.420 e. The number of hydrogen-bond donors (Lipinski definition) is 1. The molecule has 1 amide bonds. The maximum atomic E-state index is 13.6. The topological polar surface area (TPSA) is 81.5 Å². The Kier molecular flexibility index (Phi) is 5.98. The standard InChI is InChI=1S/C15H8BrF5N2O4/c16-10-3-7(17)4-11(18)14(10)22-13(24)6-27-12-2-1-8(23(25)26)5-9(12)15(19,20)21/h1-5H,6H2,(H,22,24). The van der Waals surface area contributed by atoms with Crippen LogP contribution in [0.3, 0.4) is 0 Å². The summed E-state index contributed by atoms with van der Waals surface area (Å²) in [5.74, 6) is -3.87. The van der Waals surface area contributed by atoms with Gasteiger partial charge in [-0.25, -0.2) is 8.78 Å². The summed E-state index contributed by atoms with van der Waals surface area (Å²) in [6.45, 7) is -0.954. The summed E-state index contributed by atoms with van der Waals surface area (Å²) in [7, 11) is 0. The average Bonchev–Trinajstić information content (AvgIpc) is 2.55. The van der Waals surface area contributed by atoms with Crippen LogP contribution in [0.25, 0.3) is 0 Å². The smallest absolute Gasteiger partial charge is 0.420 e. The highest BCUT2D eigenvalue weighted by Crippen LogP contribution is 2.38. The molecule has 1 N–H and O–H groups in total. The highest BCUT2D eigenvalue weighted by atomic mass is 79.9. The number of amides is 1. The van der Waals surface area contributed by atoms with Crippen LogP contribution in [0, 0.1) is 21.7 Å². The van der Waals surface area contributed by atoms with Crippen molar-refractivity contribution in [3.05, 3.63) is 62.1 Å². The minimum Gasteiger partial charge on any atom is -0.483 e. The SMILES string of the molecule is O=C(COc1ccc([N+](=O)[O-])cc1C(F)(F)F)Nc1c(F)cc(F)cc1Br. The lowest BCUT2D eigenvalue weighted by Gasteiger charge is -2.14. The van der Waals surface area contributed by atoms with Crippen molar-refractivity contribution < 1.29 is 36.4 Å². The van der Waals surface area contributed by atoms with E-state index in [0.717, 1.165) is 12.1 Å². The minimum absolute atomic E-state index is 0.125. The number of carbonyl (C=O) groups is 1. The molecule has 0 saturated heterocycles. The van der Waals surface area contributed by atoms with Crippen LogP contribution in [0.5, 0.6) is 5.75 Å². The fourth-order valence-electron chi connectivity index (χ4n) is 1.96. The molecule has 0 saturated carbocycles. The molecule has 12 heteroatoms. The van der Waals surface area contributed by atoms with Crippen molar-refractivity contribution in [1.29, 1.82) is 0 Å². The summed E-state index contributed by atoms with van der Waals surface area (Å²) in [4.78, 5) is 21.4. The first-order valence-corrected chi connectivity index (χ1v) is 7.71. The minimum atomic E-state index is -4.97. The van der Waals surface area contributed by atoms with Gasteiger partial charge in [-0.1, -0.05) is 0 Å². The zero-order chi connectivity index (χ0) is 20.4. The number of halogens is 6. The van der Waals surface area contributed by atoms with Gasteiger partial charge in [0.1, 0.15) is 17.1 Å². The molecule has 6 nitrogen and oxygen atoms in total. The first kappa shape index (κ1) is 20.6. The summed E-state index contributed by atoms with van der Waals surface area (Å²) in [5, 5.41) is 12.6. The van der Waals surface area contributed by atoms with Gasteiger partial charge in [-0.2, -0.15) is 13.2 Å². The molecule has 0 aromatic heterocycles. The number of alkyl halides is 3. The Labute approximate surface area is 156 Å². The number of benzene rings is 2. The summed E-state index contributed by atoms with van der Waals surface area (Å²) < 4.78 is 70.3. The fourth-order valence-corrected chi connectivity index (χ4v) is 2.47. The Morgan fingerprint density at radius 3 is 2.44 bits per heavy atom. The third-order valence-corrected chi connectivity index (χ3v) is 3.73. The average molecular weight is 455 g/mol. The highest BCUT2D eigenvalue weighted by molar-refractivity contribution is 9.10. The van der Waals surface area contributed by atoms with E-state index in [9.17, 15) is 36.9 Å². The van der Waals surface area contributed by atoms with Crippen molar-refractivity contribution >= 4 is 33.2 Å². The number of hydrogen-bond acceptors (Lipinski definition) is 4. The molecule has 0 spiro atoms. The lowest BCUT2D eigenvalue weighted by molar-refractivity contribution is -0.385. The molecule has 2 aromatic rings. The summed E-state index contributed by atoms with van der Waals surface area (Å²) >= 11 is 2.83. The number of nitro groups is 1. The molecular formula is C15H8BrF5N2O4. The van der Waals surface area contributed by atoms with Crippen LogP contribution in [0.2, 0.25) is 0 Å². The van der Waals surface area contributed by atoms with E-state index < -0.39 is 57.9 Å². The number of non-ortho nitro benzene ring substituents is 1. The molecule has 27 heavy (non-hydrogen) atoms. The fraction of sp³-hybridized carbons (Fsp3) is 0.133. The number of carbonyl (C=O) groups excluding carboxylic acids is 1. The number of rotatable bonds is 5. The first-order chi connectivity index (χ1) is 12.5. The van der Waals surface area contributed by atoms with Crippen molar-refractivity contribution in [1.82, 2.24) is 0 Å². The number of ether oxygens (including phenoxy) is 1. The second-order valence-corrected chi connectivity index (χ2v) is 5.87. The predicted molar refractivity (Wildman–Crippen MR) is 86.3 cm³/mol. The zero-order valence-corrected chi connectivity index (χ0v) is 14.5. The molecule has 2 aromatic carbocycles. The number of nitrogens with one attached hydrogen (secondary N) is 1. The summed E-state index contributed by atoms with van der Waals surface area (Å²) in [6.07, 6.45) is -4.97. The van der Waals surface area contributed by atoms with Crippen molar-refractivity contribution in [2.75, 3.05) is 11.9 Å². The van der Waals surface area contributed by atoms with Crippen molar-refractivity contribution in [2.24, 2.45) is 0 Å². The second kappa shape index (κ2) is 7.86. The monoisotopic (exact) mass is 454 g/mol. The maximum absolute atomic E-state index is 13.6. The Hall–Kier alpha value is -2.76. The third-order valence-electron chi connectivity index (χ3n) is 3.11. The van der Waals surface area contributed by atoms with Gasteiger partial charge in [0.05, 0.1) is 10.6 Å². The molecule has 0 unspecified atom stereocenters. The number of nitro benzene ring substituents is 1. The number of nitrogens with zero attached hydrogens (tertiary/aromatic N) is 1. The van der Waals surface area contributed by atoms with Gasteiger partial charge in [-0.15, -0.1) is 0 Å². The Bertz CT molecular complexity index is 881. The van der Waals surface area contributed by atoms with Gasteiger partial charge in [-0.05, 0) is 28.1 Å². The molecule has 0 bridgehead atoms. The predicted octanol–water partition coefficient (Wildman–Crippen LogP) is 4.67. The van der Waals surface area contributed by atoms with E-state index in [4.69, 9.17) is 4.74 Å². The Balaban J connectivity index is 2.17. The molecule has 0 aliphatic carbocycles. The molecule has 0 aliphatic heterocycles. The van der Waals surface area contributed by atoms with E-state index in [1.165, 1.54) is 0 Å². The van der Waals surface area contributed by atoms with E-state index in [2.05, 4.69) is 15.9 Å². The molecule has 2 rings (SSSR count). The van der Waals surface area contributed by atoms with Gasteiger partial charge < -0.3 is 10.1 Å². The highest BCUT2D eigenvalue weighted by Gasteiger charge is 2.36. The van der Waals surface area contributed by atoms with E-state index in [1.54, 1.807) is 0 Å². The van der Waals surface area contributed by atoms with Crippen LogP contribution in [0.1, 0.15) is 5.56 Å². The van der Waals surface area contributed by atoms with E-state index >= 15 is 0 Å². The van der Waals surface area contributed by atoms with E-state index in [-0.39, 0.29) is 10.5 Å². The molecule has 0 radical (unpaired) electrons. The van der Waals surface area contributed by atoms with Crippen LogP contribution in [-0.4, -0.2) is 17.4 Å². The quantitative estimate of drug-likeness (QED) is 0.404. The lowest BCUT2D eigenvalue weighted by atomic mass is 10.1. The largest absolute Gasteiger partial charge is 0.483 e. The molecule has 144 valence electrons. The van der Waals surface area contributed by atoms with Crippen LogP contribution in [-0.2, 0) is 11.0 Å². The molecule has 0 aliphatic rings. The normalized spacial score (nSPS) is 11.2. The van der Waals surface area contributed by atoms with E-state index in [1.807, 2.05) is 5.32 Å². The Morgan fingerprint density at radius 1 is 1.22 bits per heavy atom. The van der Waals surface area contributed by atoms with Gasteiger partial charge >= 0.3 is 6.18 Å². The number of anilines is 1. The Morgan fingerprint density at radius 2 is 1.89 bits per heavy atom. The van der Waals surface area contributed by atoms with Crippen molar-refractivity contribution in [2.45, 2.75) is 6.18 Å². The van der Waals surface area contributed by atoms with Crippen LogP contribution in [0.4, 0.5) is 33.3 Å². The molecule has 0 atom stereocenters. The zero-order valence-electron chi connectivity index (χ0n) is 12.9. The van der Waals surface area contributed by atoms with Gasteiger partial charge in [0.25, 0.3) is 11.6 Å². The second-order valence-electron chi connectivity index (χ2n) is 5.02. The van der Waals surface area contributed by atoms with Gasteiger partial charge in [0.2, 0.25) is 0 Å². The van der Waals surface area contributed by atoms with Crippen LogP contribution in [0.15, 0.2) is 34.8 Å². The van der Waals surface area contributed by atoms with Crippen molar-refractivity contribution in [3.8, 4) is 5.75 Å². The van der Waals surface area contributed by atoms with Crippen LogP contribution < -0.4 is 10.1 Å². The summed E-state index contributed by atoms with van der Waals surface area (Å²) in [5.41, 5.74) is -2.68. The van der Waals surface area contributed by atoms with Crippen LogP contribution >= 0.6 is 15.9 Å². The molecular weight excluding hydrogens is 447 g/mol. The van der Waals surface area contributed by atoms with Crippen molar-refractivity contribution in [3.63, 3.8) is 0 Å². The lowest BCUT2D eigenvalue weighted by Crippen LogP contribution is -2.22. The third kappa shape index (κ3) is 5.12.